The van der Waals surface area contributed by atoms with Crippen LogP contribution in [0.2, 0.25) is 0 Å². The van der Waals surface area contributed by atoms with Crippen LogP contribution in [-0.4, -0.2) is 71.6 Å². The molecule has 2 aliphatic rings. The van der Waals surface area contributed by atoms with Crippen LogP contribution in [0.15, 0.2) is 6.07 Å². The summed E-state index contributed by atoms with van der Waals surface area (Å²) in [6, 6.07) is 1.49. The molecular formula is C20H28O9. The molecule has 5 atom stereocenters. The van der Waals surface area contributed by atoms with Crippen molar-refractivity contribution in [2.75, 3.05) is 13.7 Å². The average Bonchev–Trinajstić information content (AvgIpc) is 2.64. The molecule has 0 radical (unpaired) electrons. The van der Waals surface area contributed by atoms with Crippen LogP contribution in [0, 0.1) is 0 Å². The van der Waals surface area contributed by atoms with E-state index >= 15 is 0 Å². The van der Waals surface area contributed by atoms with E-state index in [1.807, 2.05) is 27.7 Å². The molecule has 1 fully saturated rings. The quantitative estimate of drug-likeness (QED) is 0.586. The van der Waals surface area contributed by atoms with Gasteiger partial charge in [-0.05, 0) is 33.8 Å². The summed E-state index contributed by atoms with van der Waals surface area (Å²) >= 11 is 0. The van der Waals surface area contributed by atoms with E-state index in [9.17, 15) is 20.1 Å². The molecule has 3 rings (SSSR count). The van der Waals surface area contributed by atoms with Crippen molar-refractivity contribution in [3.05, 3.63) is 17.2 Å². The third-order valence-corrected chi connectivity index (χ3v) is 4.78. The van der Waals surface area contributed by atoms with Crippen molar-refractivity contribution in [1.29, 1.82) is 0 Å². The molecule has 9 heteroatoms. The van der Waals surface area contributed by atoms with Gasteiger partial charge in [-0.25, -0.2) is 4.79 Å². The van der Waals surface area contributed by atoms with Crippen molar-refractivity contribution in [3.8, 4) is 17.2 Å². The minimum atomic E-state index is -1.44. The number of hydrogen-bond donors (Lipinski definition) is 3. The van der Waals surface area contributed by atoms with Gasteiger partial charge in [0.25, 0.3) is 0 Å². The van der Waals surface area contributed by atoms with Crippen molar-refractivity contribution < 1.29 is 43.8 Å². The van der Waals surface area contributed by atoms with E-state index in [1.54, 1.807) is 0 Å². The van der Waals surface area contributed by atoms with Gasteiger partial charge in [0.15, 0.2) is 17.6 Å². The predicted molar refractivity (Wildman–Crippen MR) is 100 cm³/mol. The van der Waals surface area contributed by atoms with Gasteiger partial charge in [-0.15, -0.1) is 0 Å². The Bertz CT molecular complexity index is 761. The summed E-state index contributed by atoms with van der Waals surface area (Å²) in [6.07, 6.45) is -6.49. The van der Waals surface area contributed by atoms with E-state index in [0.29, 0.717) is 11.3 Å². The van der Waals surface area contributed by atoms with E-state index in [-0.39, 0.29) is 29.3 Å². The summed E-state index contributed by atoms with van der Waals surface area (Å²) < 4.78 is 28.5. The first-order chi connectivity index (χ1) is 13.7. The molecule has 0 saturated carbocycles. The zero-order valence-electron chi connectivity index (χ0n) is 17.1. The third-order valence-electron chi connectivity index (χ3n) is 4.78. The van der Waals surface area contributed by atoms with Crippen LogP contribution < -0.4 is 14.2 Å². The normalized spacial score (nSPS) is 28.6. The number of aliphatic hydroxyl groups is 3. The highest BCUT2D eigenvalue weighted by molar-refractivity contribution is 5.95. The molecule has 0 bridgehead atoms. The second kappa shape index (κ2) is 8.35. The van der Waals surface area contributed by atoms with Crippen molar-refractivity contribution in [2.45, 2.75) is 70.4 Å². The smallest absolute Gasteiger partial charge is 0.339 e. The zero-order valence-corrected chi connectivity index (χ0v) is 17.1. The van der Waals surface area contributed by atoms with Crippen LogP contribution in [0.5, 0.6) is 17.2 Å². The molecule has 0 aliphatic carbocycles. The average molecular weight is 412 g/mol. The molecular weight excluding hydrogens is 384 g/mol. The van der Waals surface area contributed by atoms with Gasteiger partial charge < -0.3 is 39.0 Å². The van der Waals surface area contributed by atoms with E-state index in [2.05, 4.69) is 0 Å². The van der Waals surface area contributed by atoms with E-state index in [4.69, 9.17) is 23.7 Å². The van der Waals surface area contributed by atoms with Crippen LogP contribution in [0.1, 0.15) is 49.7 Å². The number of esters is 1. The fourth-order valence-corrected chi connectivity index (χ4v) is 3.61. The lowest BCUT2D eigenvalue weighted by molar-refractivity contribution is -0.235. The van der Waals surface area contributed by atoms with Gasteiger partial charge in [-0.3, -0.25) is 0 Å². The minimum Gasteiger partial charge on any atom is -0.490 e. The minimum absolute atomic E-state index is 0.152. The van der Waals surface area contributed by atoms with Crippen molar-refractivity contribution in [2.24, 2.45) is 0 Å². The van der Waals surface area contributed by atoms with Crippen LogP contribution >= 0.6 is 0 Å². The lowest BCUT2D eigenvalue weighted by Crippen LogP contribution is -2.58. The molecule has 2 aliphatic heterocycles. The van der Waals surface area contributed by atoms with Crippen molar-refractivity contribution >= 4 is 5.97 Å². The van der Waals surface area contributed by atoms with Gasteiger partial charge in [0.05, 0.1) is 31.5 Å². The highest BCUT2D eigenvalue weighted by Gasteiger charge is 2.52. The summed E-state index contributed by atoms with van der Waals surface area (Å²) in [6.45, 7) is 6.79. The van der Waals surface area contributed by atoms with Gasteiger partial charge in [0.1, 0.15) is 24.4 Å². The van der Waals surface area contributed by atoms with Crippen molar-refractivity contribution in [3.63, 3.8) is 0 Å². The van der Waals surface area contributed by atoms with Crippen molar-refractivity contribution in [1.82, 2.24) is 0 Å². The number of methoxy groups -OCH3 is 1. The lowest BCUT2D eigenvalue weighted by atomic mass is 9.86. The zero-order chi connectivity index (χ0) is 21.5. The first kappa shape index (κ1) is 21.6. The summed E-state index contributed by atoms with van der Waals surface area (Å²) in [5, 5.41) is 30.2. The Labute approximate surface area is 169 Å². The maximum atomic E-state index is 12.7. The molecule has 3 N–H and O–H groups in total. The topological polar surface area (TPSA) is 124 Å². The first-order valence-corrected chi connectivity index (χ1v) is 9.61. The monoisotopic (exact) mass is 412 g/mol. The maximum absolute atomic E-state index is 12.7. The maximum Gasteiger partial charge on any atom is 0.339 e. The van der Waals surface area contributed by atoms with Crippen LogP contribution in [0.25, 0.3) is 0 Å². The molecule has 0 unspecified atom stereocenters. The van der Waals surface area contributed by atoms with Gasteiger partial charge in [0.2, 0.25) is 5.75 Å². The number of ether oxygens (including phenoxy) is 5. The molecule has 1 aromatic carbocycles. The fourth-order valence-electron chi connectivity index (χ4n) is 3.61. The Balaban J connectivity index is 2.22. The predicted octanol–water partition coefficient (Wildman–Crippen LogP) is 0.963. The Kier molecular flexibility index (Phi) is 6.23. The van der Waals surface area contributed by atoms with Crippen LogP contribution in [0.3, 0.4) is 0 Å². The number of carbonyl (C=O) groups is 1. The van der Waals surface area contributed by atoms with E-state index < -0.39 is 43.1 Å². The molecule has 29 heavy (non-hydrogen) atoms. The standard InChI is InChI=1S/C20H28O9/c1-8(2)26-11-6-10-13(17(16(11)25-5)27-9(3)4)18-19(29-20(10)24)15(23)14(22)12(7-21)28-18/h6,8-9,12,14-15,18-19,21-23H,7H2,1-5H3/t12-,14-,15+,18+,19-/m1/s1. The van der Waals surface area contributed by atoms with Gasteiger partial charge in [-0.2, -0.15) is 0 Å². The van der Waals surface area contributed by atoms with E-state index in [0.717, 1.165) is 0 Å². The number of carbonyl (C=O) groups excluding carboxylic acids is 1. The van der Waals surface area contributed by atoms with Crippen LogP contribution in [0.4, 0.5) is 0 Å². The number of rotatable bonds is 6. The Morgan fingerprint density at radius 2 is 1.72 bits per heavy atom. The highest BCUT2D eigenvalue weighted by atomic mass is 16.6. The number of aliphatic hydroxyl groups excluding tert-OH is 3. The second-order valence-electron chi connectivity index (χ2n) is 7.66. The molecule has 0 amide bonds. The third kappa shape index (κ3) is 3.87. The van der Waals surface area contributed by atoms with Gasteiger partial charge in [0, 0.05) is 5.56 Å². The first-order valence-electron chi connectivity index (χ1n) is 9.61. The Hall–Kier alpha value is -2.07. The lowest BCUT2D eigenvalue weighted by Gasteiger charge is -2.45. The fraction of sp³-hybridized carbons (Fsp3) is 0.650. The second-order valence-corrected chi connectivity index (χ2v) is 7.66. The molecule has 9 nitrogen and oxygen atoms in total. The molecule has 1 aromatic rings. The molecule has 1 saturated heterocycles. The molecule has 0 spiro atoms. The summed E-state index contributed by atoms with van der Waals surface area (Å²) in [4.78, 5) is 12.7. The molecule has 2 heterocycles. The van der Waals surface area contributed by atoms with E-state index in [1.165, 1.54) is 13.2 Å². The summed E-state index contributed by atoms with van der Waals surface area (Å²) in [7, 11) is 1.46. The Morgan fingerprint density at radius 3 is 2.28 bits per heavy atom. The molecule has 0 aromatic heterocycles. The Morgan fingerprint density at radius 1 is 1.07 bits per heavy atom. The summed E-state index contributed by atoms with van der Waals surface area (Å²) in [5.41, 5.74) is 0.482. The number of hydrogen-bond acceptors (Lipinski definition) is 9. The summed E-state index contributed by atoms with van der Waals surface area (Å²) in [5.74, 6) is 0.123. The largest absolute Gasteiger partial charge is 0.490 e. The van der Waals surface area contributed by atoms with Gasteiger partial charge >= 0.3 is 5.97 Å². The SMILES string of the molecule is COc1c(OC(C)C)cc2c(c1OC(C)C)[C@@H]1O[C@H](CO)[C@@H](O)[C@H](O)[C@H]1OC2=O. The highest BCUT2D eigenvalue weighted by Crippen LogP contribution is 2.51. The number of benzene rings is 1. The van der Waals surface area contributed by atoms with Gasteiger partial charge in [-0.1, -0.05) is 0 Å². The number of fused-ring (bicyclic) bond motifs is 3. The van der Waals surface area contributed by atoms with Crippen LogP contribution in [-0.2, 0) is 9.47 Å². The molecule has 162 valence electrons.